The molecule has 0 saturated carbocycles. The number of hydrogen-bond acceptors (Lipinski definition) is 5. The molecule has 144 valence electrons. The highest BCUT2D eigenvalue weighted by molar-refractivity contribution is 7.98. The molecule has 0 radical (unpaired) electrons. The van der Waals surface area contributed by atoms with E-state index in [1.54, 1.807) is 0 Å². The number of nitrogens with zero attached hydrogens (tertiary/aromatic N) is 2. The highest BCUT2D eigenvalue weighted by Gasteiger charge is 2.12. The van der Waals surface area contributed by atoms with Crippen LogP contribution in [0.25, 0.3) is 0 Å². The van der Waals surface area contributed by atoms with E-state index in [-0.39, 0.29) is 5.91 Å². The van der Waals surface area contributed by atoms with E-state index in [0.29, 0.717) is 24.3 Å². The number of nitrogens with one attached hydrogen (secondary N) is 1. The van der Waals surface area contributed by atoms with Crippen molar-refractivity contribution in [3.63, 3.8) is 0 Å². The van der Waals surface area contributed by atoms with Crippen LogP contribution in [0.1, 0.15) is 23.4 Å². The Bertz CT molecular complexity index is 938. The lowest BCUT2D eigenvalue weighted by molar-refractivity contribution is -0.116. The predicted molar refractivity (Wildman–Crippen MR) is 113 cm³/mol. The first-order valence-corrected chi connectivity index (χ1v) is 10.3. The Morgan fingerprint density at radius 2 is 1.64 bits per heavy atom. The van der Waals surface area contributed by atoms with E-state index < -0.39 is 0 Å². The van der Waals surface area contributed by atoms with Crippen LogP contribution in [0.4, 0.5) is 5.69 Å². The van der Waals surface area contributed by atoms with Crippen LogP contribution in [0.3, 0.4) is 0 Å². The summed E-state index contributed by atoms with van der Waals surface area (Å²) in [5.74, 6) is 1.26. The predicted octanol–water partition coefficient (Wildman–Crippen LogP) is 5.18. The summed E-state index contributed by atoms with van der Waals surface area (Å²) < 4.78 is 5.90. The highest BCUT2D eigenvalue weighted by atomic mass is 32.2. The molecule has 0 fully saturated rings. The molecule has 6 heteroatoms. The fourth-order valence-electron chi connectivity index (χ4n) is 2.89. The van der Waals surface area contributed by atoms with Crippen LogP contribution in [-0.2, 0) is 11.2 Å². The summed E-state index contributed by atoms with van der Waals surface area (Å²) in [6.45, 7) is 3.93. The minimum absolute atomic E-state index is 0.0724. The topological polar surface area (TPSA) is 64.1 Å². The smallest absolute Gasteiger partial charge is 0.224 e. The van der Waals surface area contributed by atoms with Crippen LogP contribution in [0.2, 0.25) is 0 Å². The summed E-state index contributed by atoms with van der Waals surface area (Å²) >= 11 is 1.52. The Kier molecular flexibility index (Phi) is 6.66. The number of aromatic nitrogens is 2. The molecule has 28 heavy (non-hydrogen) atoms. The van der Waals surface area contributed by atoms with Crippen LogP contribution >= 0.6 is 11.8 Å². The first-order valence-electron chi connectivity index (χ1n) is 9.06. The van der Waals surface area contributed by atoms with Crippen molar-refractivity contribution in [1.82, 2.24) is 9.97 Å². The molecule has 3 rings (SSSR count). The summed E-state index contributed by atoms with van der Waals surface area (Å²) in [5.41, 5.74) is 3.54. The summed E-state index contributed by atoms with van der Waals surface area (Å²) in [6.07, 6.45) is 2.90. The molecule has 3 aromatic rings. The second-order valence-electron chi connectivity index (χ2n) is 6.32. The maximum atomic E-state index is 12.5. The lowest BCUT2D eigenvalue weighted by Gasteiger charge is -2.13. The van der Waals surface area contributed by atoms with E-state index >= 15 is 0 Å². The highest BCUT2D eigenvalue weighted by Crippen LogP contribution is 2.29. The number of ether oxygens (including phenoxy) is 1. The summed E-state index contributed by atoms with van der Waals surface area (Å²) in [5, 5.41) is 3.71. The van der Waals surface area contributed by atoms with Gasteiger partial charge in [-0.1, -0.05) is 42.1 Å². The third kappa shape index (κ3) is 5.10. The van der Waals surface area contributed by atoms with Crippen LogP contribution < -0.4 is 10.1 Å². The van der Waals surface area contributed by atoms with Gasteiger partial charge in [-0.2, -0.15) is 0 Å². The number of aryl methyl sites for hydroxylation is 2. The normalized spacial score (nSPS) is 10.5. The zero-order valence-corrected chi connectivity index (χ0v) is 17.0. The van der Waals surface area contributed by atoms with Crippen molar-refractivity contribution in [3.8, 4) is 11.5 Å². The van der Waals surface area contributed by atoms with Crippen molar-refractivity contribution in [2.75, 3.05) is 11.6 Å². The van der Waals surface area contributed by atoms with E-state index in [1.807, 2.05) is 74.7 Å². The van der Waals surface area contributed by atoms with E-state index in [2.05, 4.69) is 15.3 Å². The van der Waals surface area contributed by atoms with Crippen LogP contribution in [0, 0.1) is 13.8 Å². The average Bonchev–Trinajstić information content (AvgIpc) is 2.69. The summed E-state index contributed by atoms with van der Waals surface area (Å²) in [4.78, 5) is 21.5. The van der Waals surface area contributed by atoms with Gasteiger partial charge in [0.2, 0.25) is 5.91 Å². The number of para-hydroxylation sites is 3. The molecule has 0 aliphatic rings. The van der Waals surface area contributed by atoms with E-state index in [1.165, 1.54) is 11.8 Å². The Balaban J connectivity index is 1.66. The minimum atomic E-state index is -0.0724. The van der Waals surface area contributed by atoms with Crippen LogP contribution in [0.15, 0.2) is 59.8 Å². The first kappa shape index (κ1) is 19.9. The standard InChI is InChI=1S/C22H23N3O2S/c1-15-18(16(2)24-22(23-15)28-3)13-14-21(26)25-19-11-7-8-12-20(19)27-17-9-5-4-6-10-17/h4-12H,13-14H2,1-3H3,(H,25,26). The number of carbonyl (C=O) groups is 1. The van der Waals surface area contributed by atoms with Gasteiger partial charge in [0.05, 0.1) is 5.69 Å². The molecular weight excluding hydrogens is 370 g/mol. The number of amides is 1. The monoisotopic (exact) mass is 393 g/mol. The first-order chi connectivity index (χ1) is 13.6. The van der Waals surface area contributed by atoms with E-state index in [9.17, 15) is 4.79 Å². The van der Waals surface area contributed by atoms with Crippen molar-refractivity contribution in [1.29, 1.82) is 0 Å². The lowest BCUT2D eigenvalue weighted by atomic mass is 10.1. The Labute approximate surface area is 169 Å². The molecule has 5 nitrogen and oxygen atoms in total. The van der Waals surface area contributed by atoms with Gasteiger partial charge >= 0.3 is 0 Å². The maximum absolute atomic E-state index is 12.5. The fraction of sp³-hybridized carbons (Fsp3) is 0.227. The average molecular weight is 394 g/mol. The third-order valence-corrected chi connectivity index (χ3v) is 4.86. The van der Waals surface area contributed by atoms with Gasteiger partial charge in [-0.15, -0.1) is 0 Å². The van der Waals surface area contributed by atoms with Crippen molar-refractivity contribution in [3.05, 3.63) is 71.5 Å². The number of thioether (sulfide) groups is 1. The molecule has 1 amide bonds. The molecule has 1 heterocycles. The molecule has 0 saturated heterocycles. The summed E-state index contributed by atoms with van der Waals surface area (Å²) in [6, 6.07) is 16.9. The number of rotatable bonds is 7. The van der Waals surface area contributed by atoms with Crippen LogP contribution in [0.5, 0.6) is 11.5 Å². The fourth-order valence-corrected chi connectivity index (χ4v) is 3.34. The molecule has 0 unspecified atom stereocenters. The van der Waals surface area contributed by atoms with Gasteiger partial charge in [0.25, 0.3) is 0 Å². The summed E-state index contributed by atoms with van der Waals surface area (Å²) in [7, 11) is 0. The Morgan fingerprint density at radius 1 is 1.00 bits per heavy atom. The molecule has 0 aliphatic heterocycles. The number of hydrogen-bond donors (Lipinski definition) is 1. The van der Waals surface area contributed by atoms with Gasteiger partial charge < -0.3 is 10.1 Å². The zero-order chi connectivity index (χ0) is 19.9. The van der Waals surface area contributed by atoms with E-state index in [4.69, 9.17) is 4.74 Å². The van der Waals surface area contributed by atoms with Gasteiger partial charge in [-0.05, 0) is 56.4 Å². The molecule has 0 aliphatic carbocycles. The number of benzene rings is 2. The SMILES string of the molecule is CSc1nc(C)c(CCC(=O)Nc2ccccc2Oc2ccccc2)c(C)n1. The Hall–Kier alpha value is -2.86. The van der Waals surface area contributed by atoms with Gasteiger partial charge in [0, 0.05) is 17.8 Å². The minimum Gasteiger partial charge on any atom is -0.455 e. The van der Waals surface area contributed by atoms with Gasteiger partial charge in [-0.25, -0.2) is 9.97 Å². The largest absolute Gasteiger partial charge is 0.455 e. The zero-order valence-electron chi connectivity index (χ0n) is 16.2. The second kappa shape index (κ2) is 9.37. The maximum Gasteiger partial charge on any atom is 0.224 e. The van der Waals surface area contributed by atoms with Gasteiger partial charge in [0.15, 0.2) is 10.9 Å². The van der Waals surface area contributed by atoms with Gasteiger partial charge in [0.1, 0.15) is 5.75 Å². The third-order valence-electron chi connectivity index (χ3n) is 4.32. The van der Waals surface area contributed by atoms with Gasteiger partial charge in [-0.3, -0.25) is 4.79 Å². The number of anilines is 1. The van der Waals surface area contributed by atoms with Crippen molar-refractivity contribution < 1.29 is 9.53 Å². The molecular formula is C22H23N3O2S. The quantitative estimate of drug-likeness (QED) is 0.443. The molecule has 1 aromatic heterocycles. The number of carbonyl (C=O) groups excluding carboxylic acids is 1. The molecule has 2 aromatic carbocycles. The Morgan fingerprint density at radius 3 is 2.32 bits per heavy atom. The second-order valence-corrected chi connectivity index (χ2v) is 7.09. The van der Waals surface area contributed by atoms with Crippen molar-refractivity contribution >= 4 is 23.4 Å². The molecule has 0 atom stereocenters. The molecule has 0 bridgehead atoms. The van der Waals surface area contributed by atoms with Crippen molar-refractivity contribution in [2.24, 2.45) is 0 Å². The molecule has 1 N–H and O–H groups in total. The lowest BCUT2D eigenvalue weighted by Crippen LogP contribution is -2.14. The van der Waals surface area contributed by atoms with Crippen LogP contribution in [-0.4, -0.2) is 22.1 Å². The van der Waals surface area contributed by atoms with Crippen molar-refractivity contribution in [2.45, 2.75) is 31.8 Å². The van der Waals surface area contributed by atoms with E-state index in [0.717, 1.165) is 27.9 Å². The molecule has 0 spiro atoms.